The van der Waals surface area contributed by atoms with Gasteiger partial charge in [0, 0.05) is 23.6 Å². The Hall–Kier alpha value is -4.46. The van der Waals surface area contributed by atoms with Gasteiger partial charge in [-0.3, -0.25) is 9.69 Å². The molecule has 44 heavy (non-hydrogen) atoms. The first-order valence-electron chi connectivity index (χ1n) is 14.6. The first-order chi connectivity index (χ1) is 21.6. The molecule has 2 aliphatic heterocycles. The number of hydrogen-bond acceptors (Lipinski definition) is 6. The number of benzene rings is 4. The number of fused-ring (bicyclic) bond motifs is 1. The van der Waals surface area contributed by atoms with Crippen LogP contribution in [0, 0.1) is 0 Å². The molecule has 0 atom stereocenters. The highest BCUT2D eigenvalue weighted by Gasteiger charge is 2.35. The number of thioether (sulfide) groups is 2. The Kier molecular flexibility index (Phi) is 9.05. The number of ether oxygens (including phenoxy) is 1. The van der Waals surface area contributed by atoms with Crippen LogP contribution in [0.3, 0.4) is 0 Å². The SMILES string of the molecule is CCN1C(=O)/C(=C(\C=C2/Sc3cc(OC)ccc3N2CC)c2ccccc2)SC1=Nc1ccc(/C=C\c2ccccc2)cc1. The van der Waals surface area contributed by atoms with Gasteiger partial charge in [-0.25, -0.2) is 4.99 Å². The third kappa shape index (κ3) is 6.25. The van der Waals surface area contributed by atoms with Crippen molar-refractivity contribution in [2.75, 3.05) is 25.1 Å². The van der Waals surface area contributed by atoms with Gasteiger partial charge >= 0.3 is 0 Å². The molecule has 6 rings (SSSR count). The van der Waals surface area contributed by atoms with E-state index >= 15 is 0 Å². The summed E-state index contributed by atoms with van der Waals surface area (Å²) in [6.07, 6.45) is 6.34. The minimum absolute atomic E-state index is 0.0282. The van der Waals surface area contributed by atoms with Crippen LogP contribution in [0.4, 0.5) is 11.4 Å². The van der Waals surface area contributed by atoms with Crippen molar-refractivity contribution in [3.63, 3.8) is 0 Å². The van der Waals surface area contributed by atoms with Gasteiger partial charge in [0.1, 0.15) is 5.75 Å². The van der Waals surface area contributed by atoms with Crippen LogP contribution in [0.1, 0.15) is 30.5 Å². The summed E-state index contributed by atoms with van der Waals surface area (Å²) in [6, 6.07) is 34.6. The van der Waals surface area contributed by atoms with Gasteiger partial charge < -0.3 is 9.64 Å². The van der Waals surface area contributed by atoms with E-state index in [9.17, 15) is 4.79 Å². The Bertz CT molecular complexity index is 1780. The smallest absolute Gasteiger partial charge is 0.267 e. The quantitative estimate of drug-likeness (QED) is 0.146. The van der Waals surface area contributed by atoms with Gasteiger partial charge in [-0.1, -0.05) is 96.7 Å². The predicted octanol–water partition coefficient (Wildman–Crippen LogP) is 9.33. The maximum Gasteiger partial charge on any atom is 0.267 e. The first kappa shape index (κ1) is 29.6. The molecule has 1 fully saturated rings. The van der Waals surface area contributed by atoms with Crippen LogP contribution in [0.5, 0.6) is 5.75 Å². The maximum atomic E-state index is 13.9. The second-order valence-corrected chi connectivity index (χ2v) is 12.2. The Morgan fingerprint density at radius 3 is 2.11 bits per heavy atom. The molecule has 4 aromatic carbocycles. The third-order valence-corrected chi connectivity index (χ3v) is 9.60. The molecular formula is C37H33N3O2S2. The zero-order valence-electron chi connectivity index (χ0n) is 24.9. The lowest BCUT2D eigenvalue weighted by atomic mass is 10.0. The normalized spacial score (nSPS) is 17.7. The van der Waals surface area contributed by atoms with Crippen LogP contribution >= 0.6 is 23.5 Å². The monoisotopic (exact) mass is 615 g/mol. The van der Waals surface area contributed by atoms with Crippen molar-refractivity contribution in [3.05, 3.63) is 136 Å². The average Bonchev–Trinajstić information content (AvgIpc) is 3.58. The molecule has 5 nitrogen and oxygen atoms in total. The molecule has 0 aliphatic carbocycles. The van der Waals surface area contributed by atoms with E-state index in [0.29, 0.717) is 16.6 Å². The summed E-state index contributed by atoms with van der Waals surface area (Å²) in [5, 5.41) is 1.76. The van der Waals surface area contributed by atoms with Crippen LogP contribution in [0.25, 0.3) is 17.7 Å². The lowest BCUT2D eigenvalue weighted by Gasteiger charge is -2.19. The summed E-state index contributed by atoms with van der Waals surface area (Å²) >= 11 is 3.14. The molecule has 220 valence electrons. The lowest BCUT2D eigenvalue weighted by molar-refractivity contribution is -0.122. The van der Waals surface area contributed by atoms with Crippen LogP contribution in [-0.2, 0) is 4.79 Å². The van der Waals surface area contributed by atoms with E-state index in [4.69, 9.17) is 9.73 Å². The van der Waals surface area contributed by atoms with Gasteiger partial charge in [0.05, 0.1) is 28.4 Å². The Balaban J connectivity index is 1.35. The second kappa shape index (κ2) is 13.5. The molecule has 4 aromatic rings. The van der Waals surface area contributed by atoms with Crippen molar-refractivity contribution in [3.8, 4) is 5.75 Å². The number of rotatable bonds is 8. The molecular weight excluding hydrogens is 583 g/mol. The molecule has 0 unspecified atom stereocenters. The molecule has 1 amide bonds. The van der Waals surface area contributed by atoms with Crippen molar-refractivity contribution < 1.29 is 9.53 Å². The highest BCUT2D eigenvalue weighted by atomic mass is 32.2. The molecule has 0 N–H and O–H groups in total. The van der Waals surface area contributed by atoms with E-state index in [0.717, 1.165) is 55.9 Å². The number of carbonyl (C=O) groups excluding carboxylic acids is 1. The molecule has 7 heteroatoms. The van der Waals surface area contributed by atoms with Gasteiger partial charge in [-0.2, -0.15) is 0 Å². The fraction of sp³-hybridized carbons (Fsp3) is 0.135. The number of hydrogen-bond donors (Lipinski definition) is 0. The molecule has 1 saturated heterocycles. The number of methoxy groups -OCH3 is 1. The summed E-state index contributed by atoms with van der Waals surface area (Å²) in [7, 11) is 1.69. The summed E-state index contributed by atoms with van der Waals surface area (Å²) in [4.78, 5) is 24.7. The number of nitrogens with zero attached hydrogens (tertiary/aromatic N) is 3. The summed E-state index contributed by atoms with van der Waals surface area (Å²) in [5.41, 5.74) is 6.09. The van der Waals surface area contributed by atoms with Crippen LogP contribution < -0.4 is 9.64 Å². The first-order valence-corrected chi connectivity index (χ1v) is 16.3. The van der Waals surface area contributed by atoms with Gasteiger partial charge in [0.2, 0.25) is 0 Å². The van der Waals surface area contributed by atoms with Gasteiger partial charge in [-0.15, -0.1) is 0 Å². The number of amidine groups is 1. The number of anilines is 1. The zero-order valence-corrected chi connectivity index (χ0v) is 26.6. The fourth-order valence-electron chi connectivity index (χ4n) is 5.13. The molecule has 0 saturated carbocycles. The van der Waals surface area contributed by atoms with Crippen molar-refractivity contribution >= 4 is 63.7 Å². The minimum Gasteiger partial charge on any atom is -0.497 e. The highest BCUT2D eigenvalue weighted by Crippen LogP contribution is 2.49. The van der Waals surface area contributed by atoms with Crippen molar-refractivity contribution in [2.24, 2.45) is 4.99 Å². The molecule has 0 radical (unpaired) electrons. The van der Waals surface area contributed by atoms with Gasteiger partial charge in [-0.05, 0) is 78.7 Å². The minimum atomic E-state index is -0.0282. The van der Waals surface area contributed by atoms with Gasteiger partial charge in [0.15, 0.2) is 5.17 Å². The van der Waals surface area contributed by atoms with Crippen LogP contribution in [0.2, 0.25) is 0 Å². The van der Waals surface area contributed by atoms with E-state index < -0.39 is 0 Å². The number of carbonyl (C=O) groups is 1. The Morgan fingerprint density at radius 2 is 1.45 bits per heavy atom. The largest absolute Gasteiger partial charge is 0.497 e. The molecule has 0 spiro atoms. The topological polar surface area (TPSA) is 45.1 Å². The summed E-state index contributed by atoms with van der Waals surface area (Å²) < 4.78 is 5.48. The standard InChI is InChI=1S/C37H33N3O2S2/c1-4-39-32-23-22-30(42-3)24-33(32)43-34(39)25-31(28-14-10-7-11-15-28)35-36(41)40(5-2)37(44-35)38-29-20-18-27(19-21-29)17-16-26-12-8-6-9-13-26/h6-25H,4-5H2,1-3H3/b17-16-,34-25-,35-31-,38-37?. The Labute approximate surface area is 267 Å². The Morgan fingerprint density at radius 1 is 0.795 bits per heavy atom. The number of aliphatic imine (C=N–C) groups is 1. The van der Waals surface area contributed by atoms with Crippen molar-refractivity contribution in [1.82, 2.24) is 4.90 Å². The van der Waals surface area contributed by atoms with E-state index in [1.54, 1.807) is 23.8 Å². The highest BCUT2D eigenvalue weighted by molar-refractivity contribution is 8.18. The predicted molar refractivity (Wildman–Crippen MR) is 187 cm³/mol. The third-order valence-electron chi connectivity index (χ3n) is 7.42. The van der Waals surface area contributed by atoms with E-state index in [-0.39, 0.29) is 5.91 Å². The fourth-order valence-corrected chi connectivity index (χ4v) is 7.46. The molecule has 2 aliphatic rings. The maximum absolute atomic E-state index is 13.9. The molecule has 0 aromatic heterocycles. The van der Waals surface area contributed by atoms with E-state index in [1.807, 2.05) is 61.5 Å². The van der Waals surface area contributed by atoms with Crippen molar-refractivity contribution in [2.45, 2.75) is 18.7 Å². The van der Waals surface area contributed by atoms with Gasteiger partial charge in [0.25, 0.3) is 5.91 Å². The lowest BCUT2D eigenvalue weighted by Crippen LogP contribution is -2.28. The number of likely N-dealkylation sites (N-methyl/N-ethyl adjacent to an activating group) is 1. The van der Waals surface area contributed by atoms with Crippen molar-refractivity contribution in [1.29, 1.82) is 0 Å². The molecule has 2 heterocycles. The molecule has 0 bridgehead atoms. The van der Waals surface area contributed by atoms with Crippen LogP contribution in [-0.4, -0.2) is 36.2 Å². The van der Waals surface area contributed by atoms with E-state index in [1.165, 1.54) is 11.8 Å². The second-order valence-electron chi connectivity index (χ2n) is 10.2. The zero-order chi connectivity index (χ0) is 30.5. The van der Waals surface area contributed by atoms with E-state index in [2.05, 4.69) is 78.6 Å². The summed E-state index contributed by atoms with van der Waals surface area (Å²) in [6.45, 7) is 5.47. The number of amides is 1. The summed E-state index contributed by atoms with van der Waals surface area (Å²) in [5.74, 6) is 0.802. The number of allylic oxidation sites excluding steroid dienone is 2. The average molecular weight is 616 g/mol. The van der Waals surface area contributed by atoms with Crippen LogP contribution in [0.15, 0.2) is 129 Å².